The molecule has 1 aromatic carbocycles. The summed E-state index contributed by atoms with van der Waals surface area (Å²) in [5, 5.41) is 14.5. The van der Waals surface area contributed by atoms with E-state index in [4.69, 9.17) is 0 Å². The van der Waals surface area contributed by atoms with Crippen LogP contribution in [-0.2, 0) is 7.05 Å². The van der Waals surface area contributed by atoms with Crippen molar-refractivity contribution >= 4 is 15.9 Å². The smallest absolute Gasteiger partial charge is 0.0917 e. The minimum Gasteiger partial charge on any atom is -0.387 e. The maximum absolute atomic E-state index is 10.3. The fourth-order valence-corrected chi connectivity index (χ4v) is 2.40. The molecule has 2 rings (SSSR count). The molecule has 0 fully saturated rings. The predicted molar refractivity (Wildman–Crippen MR) is 83.4 cm³/mol. The molecule has 0 amide bonds. The molecule has 0 aliphatic rings. The van der Waals surface area contributed by atoms with Crippen molar-refractivity contribution in [1.29, 1.82) is 0 Å². The minimum absolute atomic E-state index is 0.216. The highest BCUT2D eigenvalue weighted by molar-refractivity contribution is 9.10. The van der Waals surface area contributed by atoms with Gasteiger partial charge >= 0.3 is 0 Å². The van der Waals surface area contributed by atoms with Crippen molar-refractivity contribution in [3.8, 4) is 0 Å². The Bertz CT molecular complexity index is 553. The van der Waals surface area contributed by atoms with Crippen LogP contribution >= 0.6 is 15.9 Å². The molecule has 4 nitrogen and oxygen atoms in total. The number of hydrogen-bond donors (Lipinski definition) is 1. The van der Waals surface area contributed by atoms with E-state index in [1.807, 2.05) is 50.8 Å². The second-order valence-corrected chi connectivity index (χ2v) is 6.05. The predicted octanol–water partition coefficient (Wildman–Crippen LogP) is 2.91. The number of benzene rings is 1. The number of rotatable bonds is 5. The largest absolute Gasteiger partial charge is 0.387 e. The second kappa shape index (κ2) is 6.52. The summed E-state index contributed by atoms with van der Waals surface area (Å²) in [5.74, 6) is 0. The zero-order chi connectivity index (χ0) is 14.7. The summed E-state index contributed by atoms with van der Waals surface area (Å²) >= 11 is 3.40. The molecule has 2 aromatic rings. The molecular formula is C15H20BrN3O. The SMILES string of the molecule is CC(c1cnn(C)c1)N(C)CC(O)c1ccc(Br)cc1. The van der Waals surface area contributed by atoms with Gasteiger partial charge in [0.05, 0.1) is 12.3 Å². The molecule has 1 N–H and O–H groups in total. The number of likely N-dealkylation sites (N-methyl/N-ethyl adjacent to an activating group) is 1. The summed E-state index contributed by atoms with van der Waals surface area (Å²) in [6.45, 7) is 2.70. The first-order chi connectivity index (χ1) is 9.47. The zero-order valence-electron chi connectivity index (χ0n) is 12.0. The lowest BCUT2D eigenvalue weighted by Crippen LogP contribution is -2.27. The van der Waals surface area contributed by atoms with Crippen LogP contribution in [-0.4, -0.2) is 33.4 Å². The van der Waals surface area contributed by atoms with Gasteiger partial charge in [-0.25, -0.2) is 0 Å². The topological polar surface area (TPSA) is 41.3 Å². The monoisotopic (exact) mass is 337 g/mol. The van der Waals surface area contributed by atoms with Crippen LogP contribution in [0, 0.1) is 0 Å². The fraction of sp³-hybridized carbons (Fsp3) is 0.400. The summed E-state index contributed by atoms with van der Waals surface area (Å²) in [6, 6.07) is 8.00. The Balaban J connectivity index is 1.99. The number of halogens is 1. The summed E-state index contributed by atoms with van der Waals surface area (Å²) in [7, 11) is 3.92. The molecule has 0 radical (unpaired) electrons. The molecule has 0 saturated heterocycles. The molecule has 0 spiro atoms. The van der Waals surface area contributed by atoms with Gasteiger partial charge in [0.1, 0.15) is 0 Å². The van der Waals surface area contributed by atoms with Gasteiger partial charge in [-0.2, -0.15) is 5.10 Å². The van der Waals surface area contributed by atoms with Gasteiger partial charge < -0.3 is 5.11 Å². The molecule has 108 valence electrons. The van der Waals surface area contributed by atoms with Crippen molar-refractivity contribution in [2.24, 2.45) is 7.05 Å². The maximum Gasteiger partial charge on any atom is 0.0917 e. The summed E-state index contributed by atoms with van der Waals surface area (Å²) in [6.07, 6.45) is 3.38. The van der Waals surface area contributed by atoms with Crippen LogP contribution in [0.1, 0.15) is 30.2 Å². The van der Waals surface area contributed by atoms with Gasteiger partial charge in [-0.15, -0.1) is 0 Å². The van der Waals surface area contributed by atoms with Crippen LogP contribution in [0.5, 0.6) is 0 Å². The average molecular weight is 338 g/mol. The number of aryl methyl sites for hydroxylation is 1. The van der Waals surface area contributed by atoms with Crippen LogP contribution in [0.25, 0.3) is 0 Å². The van der Waals surface area contributed by atoms with Crippen LogP contribution in [0.15, 0.2) is 41.1 Å². The molecule has 1 heterocycles. The molecule has 0 bridgehead atoms. The third kappa shape index (κ3) is 3.69. The van der Waals surface area contributed by atoms with Crippen molar-refractivity contribution in [3.63, 3.8) is 0 Å². The van der Waals surface area contributed by atoms with Gasteiger partial charge in [0.25, 0.3) is 0 Å². The van der Waals surface area contributed by atoms with Crippen LogP contribution in [0.4, 0.5) is 0 Å². The number of hydrogen-bond acceptors (Lipinski definition) is 3. The van der Waals surface area contributed by atoms with E-state index in [0.717, 1.165) is 15.6 Å². The van der Waals surface area contributed by atoms with Crippen molar-refractivity contribution in [1.82, 2.24) is 14.7 Å². The van der Waals surface area contributed by atoms with E-state index in [9.17, 15) is 5.11 Å². The first-order valence-corrected chi connectivity index (χ1v) is 7.39. The summed E-state index contributed by atoms with van der Waals surface area (Å²) in [4.78, 5) is 2.13. The lowest BCUT2D eigenvalue weighted by molar-refractivity contribution is 0.108. The highest BCUT2D eigenvalue weighted by Gasteiger charge is 2.17. The summed E-state index contributed by atoms with van der Waals surface area (Å²) in [5.41, 5.74) is 2.08. The number of aliphatic hydroxyl groups is 1. The normalized spacial score (nSPS) is 14.5. The van der Waals surface area contributed by atoms with Gasteiger partial charge in [-0.3, -0.25) is 9.58 Å². The second-order valence-electron chi connectivity index (χ2n) is 5.13. The molecule has 2 atom stereocenters. The highest BCUT2D eigenvalue weighted by atomic mass is 79.9. The third-order valence-corrected chi connectivity index (χ3v) is 4.11. The lowest BCUT2D eigenvalue weighted by atomic mass is 10.1. The van der Waals surface area contributed by atoms with Crippen molar-refractivity contribution in [2.45, 2.75) is 19.1 Å². The van der Waals surface area contributed by atoms with Crippen LogP contribution < -0.4 is 0 Å². The van der Waals surface area contributed by atoms with E-state index >= 15 is 0 Å². The van der Waals surface area contributed by atoms with E-state index in [-0.39, 0.29) is 6.04 Å². The Hall–Kier alpha value is -1.17. The molecule has 20 heavy (non-hydrogen) atoms. The quantitative estimate of drug-likeness (QED) is 0.911. The number of aliphatic hydroxyl groups excluding tert-OH is 1. The van der Waals surface area contributed by atoms with Crippen LogP contribution in [0.3, 0.4) is 0 Å². The summed E-state index contributed by atoms with van der Waals surface area (Å²) < 4.78 is 2.82. The van der Waals surface area contributed by atoms with Gasteiger partial charge in [-0.05, 0) is 31.7 Å². The van der Waals surface area contributed by atoms with Gasteiger partial charge in [0.15, 0.2) is 0 Å². The Morgan fingerprint density at radius 2 is 1.95 bits per heavy atom. The lowest BCUT2D eigenvalue weighted by Gasteiger charge is -2.26. The van der Waals surface area contributed by atoms with Crippen molar-refractivity contribution in [3.05, 3.63) is 52.3 Å². The Morgan fingerprint density at radius 1 is 1.30 bits per heavy atom. The first-order valence-electron chi connectivity index (χ1n) is 6.59. The molecule has 0 aliphatic carbocycles. The molecule has 0 aliphatic heterocycles. The van der Waals surface area contributed by atoms with Crippen LogP contribution in [0.2, 0.25) is 0 Å². The van der Waals surface area contributed by atoms with E-state index < -0.39 is 6.10 Å². The standard InChI is InChI=1S/C15H20BrN3O/c1-11(13-8-17-19(3)9-13)18(2)10-15(20)12-4-6-14(16)7-5-12/h4-9,11,15,20H,10H2,1-3H3. The van der Waals surface area contributed by atoms with E-state index in [1.54, 1.807) is 4.68 Å². The zero-order valence-corrected chi connectivity index (χ0v) is 13.6. The van der Waals surface area contributed by atoms with Crippen molar-refractivity contribution in [2.75, 3.05) is 13.6 Å². The molecule has 0 saturated carbocycles. The number of nitrogens with zero attached hydrogens (tertiary/aromatic N) is 3. The molecule has 5 heteroatoms. The van der Waals surface area contributed by atoms with Gasteiger partial charge in [0.2, 0.25) is 0 Å². The molecule has 2 unspecified atom stereocenters. The fourth-order valence-electron chi connectivity index (χ4n) is 2.13. The molecule has 1 aromatic heterocycles. The maximum atomic E-state index is 10.3. The van der Waals surface area contributed by atoms with Crippen molar-refractivity contribution < 1.29 is 5.11 Å². The minimum atomic E-state index is -0.493. The average Bonchev–Trinajstić information content (AvgIpc) is 2.85. The highest BCUT2D eigenvalue weighted by Crippen LogP contribution is 2.22. The first kappa shape index (κ1) is 15.2. The van der Waals surface area contributed by atoms with Gasteiger partial charge in [0, 0.05) is 35.9 Å². The third-order valence-electron chi connectivity index (χ3n) is 3.58. The van der Waals surface area contributed by atoms with E-state index in [2.05, 4.69) is 32.9 Å². The Labute approximate surface area is 128 Å². The molecular weight excluding hydrogens is 318 g/mol. The van der Waals surface area contributed by atoms with Gasteiger partial charge in [-0.1, -0.05) is 28.1 Å². The Morgan fingerprint density at radius 3 is 2.50 bits per heavy atom. The number of aromatic nitrogens is 2. The van der Waals surface area contributed by atoms with E-state index in [0.29, 0.717) is 6.54 Å². The Kier molecular flexibility index (Phi) is 4.96. The van der Waals surface area contributed by atoms with E-state index in [1.165, 1.54) is 0 Å².